The van der Waals surface area contributed by atoms with Gasteiger partial charge in [-0.3, -0.25) is 0 Å². The summed E-state index contributed by atoms with van der Waals surface area (Å²) in [5.74, 6) is 2.09. The van der Waals surface area contributed by atoms with Gasteiger partial charge in [-0.25, -0.2) is 0 Å². The van der Waals surface area contributed by atoms with Crippen LogP contribution in [0.2, 0.25) is 5.02 Å². The second kappa shape index (κ2) is 11.5. The summed E-state index contributed by atoms with van der Waals surface area (Å²) in [6.07, 6.45) is 3.34. The van der Waals surface area contributed by atoms with Crippen LogP contribution in [0.15, 0.2) is 89.4 Å². The predicted octanol–water partition coefficient (Wildman–Crippen LogP) is 6.08. The highest BCUT2D eigenvalue weighted by molar-refractivity contribution is 7.98. The van der Waals surface area contributed by atoms with Gasteiger partial charge in [0, 0.05) is 16.3 Å². The zero-order chi connectivity index (χ0) is 22.9. The molecule has 1 aromatic heterocycles. The number of nitrogens with zero attached hydrogens (tertiary/aromatic N) is 4. The predicted molar refractivity (Wildman–Crippen MR) is 132 cm³/mol. The van der Waals surface area contributed by atoms with Crippen molar-refractivity contribution >= 4 is 29.6 Å². The number of ether oxygens (including phenoxy) is 2. The zero-order valence-electron chi connectivity index (χ0n) is 18.1. The summed E-state index contributed by atoms with van der Waals surface area (Å²) >= 11 is 7.82. The Morgan fingerprint density at radius 3 is 2.64 bits per heavy atom. The van der Waals surface area contributed by atoms with E-state index in [1.807, 2.05) is 67.6 Å². The molecule has 0 amide bonds. The number of rotatable bonds is 10. The van der Waals surface area contributed by atoms with E-state index in [0.717, 1.165) is 22.0 Å². The molecule has 6 nitrogen and oxygen atoms in total. The van der Waals surface area contributed by atoms with Gasteiger partial charge in [0.15, 0.2) is 11.5 Å². The Labute approximate surface area is 202 Å². The lowest BCUT2D eigenvalue weighted by Gasteiger charge is -2.13. The largest absolute Gasteiger partial charge is 0.490 e. The molecule has 0 unspecified atom stereocenters. The Kier molecular flexibility index (Phi) is 8.00. The van der Waals surface area contributed by atoms with Gasteiger partial charge in [-0.1, -0.05) is 71.9 Å². The molecule has 0 aliphatic rings. The van der Waals surface area contributed by atoms with Crippen LogP contribution in [0.1, 0.15) is 23.6 Å². The van der Waals surface area contributed by atoms with Crippen LogP contribution in [-0.2, 0) is 12.4 Å². The van der Waals surface area contributed by atoms with E-state index in [-0.39, 0.29) is 0 Å². The summed E-state index contributed by atoms with van der Waals surface area (Å²) in [7, 11) is 0. The van der Waals surface area contributed by atoms with Gasteiger partial charge in [0.05, 0.1) is 12.8 Å². The summed E-state index contributed by atoms with van der Waals surface area (Å²) in [6, 6.07) is 23.5. The van der Waals surface area contributed by atoms with Crippen molar-refractivity contribution in [2.75, 3.05) is 6.61 Å². The first kappa shape index (κ1) is 22.9. The second-order valence-corrected chi connectivity index (χ2v) is 8.35. The third-order valence-corrected chi connectivity index (χ3v) is 6.02. The van der Waals surface area contributed by atoms with Gasteiger partial charge >= 0.3 is 0 Å². The first-order chi connectivity index (χ1) is 16.2. The highest BCUT2D eigenvalue weighted by Gasteiger charge is 2.09. The van der Waals surface area contributed by atoms with E-state index >= 15 is 0 Å². The molecule has 1 heterocycles. The van der Waals surface area contributed by atoms with Gasteiger partial charge < -0.3 is 9.47 Å². The molecule has 3 aromatic carbocycles. The molecule has 168 valence electrons. The zero-order valence-corrected chi connectivity index (χ0v) is 19.7. The Bertz CT molecular complexity index is 1210. The van der Waals surface area contributed by atoms with E-state index < -0.39 is 0 Å². The average Bonchev–Trinajstić information content (AvgIpc) is 3.30. The molecule has 0 radical (unpaired) electrons. The minimum absolute atomic E-state index is 0.357. The third kappa shape index (κ3) is 6.37. The Morgan fingerprint density at radius 1 is 1.00 bits per heavy atom. The Morgan fingerprint density at radius 2 is 1.82 bits per heavy atom. The number of benzene rings is 3. The van der Waals surface area contributed by atoms with Crippen LogP contribution in [0.3, 0.4) is 0 Å². The molecular formula is C25H23ClN4O2S. The number of halogens is 1. The minimum Gasteiger partial charge on any atom is -0.490 e. The molecule has 0 bridgehead atoms. The highest BCUT2D eigenvalue weighted by Crippen LogP contribution is 2.30. The van der Waals surface area contributed by atoms with E-state index in [1.54, 1.807) is 29.0 Å². The first-order valence-corrected chi connectivity index (χ1v) is 11.8. The van der Waals surface area contributed by atoms with Gasteiger partial charge in [-0.2, -0.15) is 9.78 Å². The van der Waals surface area contributed by atoms with E-state index in [9.17, 15) is 0 Å². The minimum atomic E-state index is 0.357. The molecule has 0 N–H and O–H groups in total. The van der Waals surface area contributed by atoms with E-state index in [2.05, 4.69) is 27.4 Å². The van der Waals surface area contributed by atoms with Crippen molar-refractivity contribution in [3.8, 4) is 11.5 Å². The van der Waals surface area contributed by atoms with Crippen molar-refractivity contribution in [1.29, 1.82) is 0 Å². The second-order valence-electron chi connectivity index (χ2n) is 7.00. The molecule has 0 saturated heterocycles. The number of aromatic nitrogens is 3. The van der Waals surface area contributed by atoms with Crippen molar-refractivity contribution in [2.24, 2.45) is 5.10 Å². The monoisotopic (exact) mass is 478 g/mol. The molecule has 0 aliphatic carbocycles. The summed E-state index contributed by atoms with van der Waals surface area (Å²) in [5.41, 5.74) is 3.01. The number of hydrogen-bond acceptors (Lipinski definition) is 6. The molecule has 4 rings (SSSR count). The van der Waals surface area contributed by atoms with Gasteiger partial charge in [-0.15, -0.1) is 10.2 Å². The molecule has 0 saturated carbocycles. The van der Waals surface area contributed by atoms with Crippen LogP contribution >= 0.6 is 23.4 Å². The van der Waals surface area contributed by atoms with Crippen LogP contribution < -0.4 is 9.47 Å². The van der Waals surface area contributed by atoms with Crippen LogP contribution in [0, 0.1) is 0 Å². The molecular weight excluding hydrogens is 456 g/mol. The molecule has 0 fully saturated rings. The van der Waals surface area contributed by atoms with Crippen molar-refractivity contribution in [3.63, 3.8) is 0 Å². The third-order valence-electron chi connectivity index (χ3n) is 4.65. The highest BCUT2D eigenvalue weighted by atomic mass is 35.5. The van der Waals surface area contributed by atoms with Crippen molar-refractivity contribution in [2.45, 2.75) is 24.4 Å². The molecule has 0 spiro atoms. The maximum Gasteiger partial charge on any atom is 0.212 e. The fraction of sp³-hybridized carbons (Fsp3) is 0.160. The lowest BCUT2D eigenvalue weighted by Crippen LogP contribution is -2.01. The van der Waals surface area contributed by atoms with Crippen molar-refractivity contribution in [1.82, 2.24) is 14.9 Å². The summed E-state index contributed by atoms with van der Waals surface area (Å²) < 4.78 is 13.4. The smallest absolute Gasteiger partial charge is 0.212 e. The van der Waals surface area contributed by atoms with Crippen molar-refractivity contribution < 1.29 is 9.47 Å². The molecule has 8 heteroatoms. The fourth-order valence-corrected chi connectivity index (χ4v) is 4.02. The van der Waals surface area contributed by atoms with Crippen molar-refractivity contribution in [3.05, 3.63) is 101 Å². The topological polar surface area (TPSA) is 61.5 Å². The number of thioether (sulfide) groups is 1. The van der Waals surface area contributed by atoms with E-state index in [1.165, 1.54) is 5.56 Å². The maximum atomic E-state index is 6.23. The maximum absolute atomic E-state index is 6.23. The van der Waals surface area contributed by atoms with Gasteiger partial charge in [0.1, 0.15) is 12.9 Å². The average molecular weight is 479 g/mol. The fourth-order valence-electron chi connectivity index (χ4n) is 3.01. The van der Waals surface area contributed by atoms with Crippen LogP contribution in [0.5, 0.6) is 11.5 Å². The lowest BCUT2D eigenvalue weighted by molar-refractivity contribution is 0.269. The van der Waals surface area contributed by atoms with Gasteiger partial charge in [0.2, 0.25) is 5.16 Å². The molecule has 0 aliphatic heterocycles. The Balaban J connectivity index is 1.44. The Hall–Kier alpha value is -3.29. The van der Waals surface area contributed by atoms with E-state index in [4.69, 9.17) is 21.1 Å². The van der Waals surface area contributed by atoms with Gasteiger partial charge in [-0.05, 0) is 42.3 Å². The van der Waals surface area contributed by atoms with E-state index in [0.29, 0.717) is 29.7 Å². The lowest BCUT2D eigenvalue weighted by atomic mass is 10.2. The summed E-state index contributed by atoms with van der Waals surface area (Å²) in [6.45, 7) is 2.82. The standard InChI is InChI=1S/C25H23ClN4O2S/c1-2-31-24-14-20(12-13-23(24)32-16-21-10-6-7-11-22(21)26)15-28-30-18-27-29-25(30)33-17-19-8-4-3-5-9-19/h3-15,18H,2,16-17H2,1H3/b28-15+. The summed E-state index contributed by atoms with van der Waals surface area (Å²) in [4.78, 5) is 0. The normalized spacial score (nSPS) is 11.1. The quantitative estimate of drug-likeness (QED) is 0.204. The van der Waals surface area contributed by atoms with Crippen LogP contribution in [-0.4, -0.2) is 27.7 Å². The number of hydrogen-bond donors (Lipinski definition) is 0. The summed E-state index contributed by atoms with van der Waals surface area (Å²) in [5, 5.41) is 14.1. The molecule has 4 aromatic rings. The van der Waals surface area contributed by atoms with Gasteiger partial charge in [0.25, 0.3) is 0 Å². The molecule has 0 atom stereocenters. The SMILES string of the molecule is CCOc1cc(/C=N/n2cnnc2SCc2ccccc2)ccc1OCc1ccccc1Cl. The van der Waals surface area contributed by atoms with Crippen LogP contribution in [0.4, 0.5) is 0 Å². The molecule has 33 heavy (non-hydrogen) atoms. The van der Waals surface area contributed by atoms with Crippen LogP contribution in [0.25, 0.3) is 0 Å². The first-order valence-electron chi connectivity index (χ1n) is 10.5.